The Bertz CT molecular complexity index is 573. The van der Waals surface area contributed by atoms with Crippen LogP contribution in [0.15, 0.2) is 6.07 Å². The number of likely N-dealkylation sites (tertiary alicyclic amines) is 1. The molecule has 0 aromatic carbocycles. The number of ether oxygens (including phenoxy) is 1. The number of amides is 2. The standard InChI is InChI=1S/C16H24N4O2/c1-19-14(9-13(18-19)12-3-2-4-12)17-15(21)20-7-5-16(10-20)6-8-22-11-16/h9,12H,2-8,10-11H2,1H3,(H,17,21). The largest absolute Gasteiger partial charge is 0.381 e. The zero-order valence-corrected chi connectivity index (χ0v) is 13.2. The Morgan fingerprint density at radius 3 is 3.00 bits per heavy atom. The number of aryl methyl sites for hydroxylation is 1. The molecule has 1 spiro atoms. The summed E-state index contributed by atoms with van der Waals surface area (Å²) in [4.78, 5) is 14.4. The molecule has 120 valence electrons. The number of rotatable bonds is 2. The first-order valence-electron chi connectivity index (χ1n) is 8.33. The van der Waals surface area contributed by atoms with Gasteiger partial charge in [0, 0.05) is 44.1 Å². The molecular formula is C16H24N4O2. The van der Waals surface area contributed by atoms with Gasteiger partial charge in [-0.05, 0) is 25.7 Å². The number of aromatic nitrogens is 2. The molecule has 1 atom stereocenters. The zero-order chi connectivity index (χ0) is 15.2. The molecule has 6 nitrogen and oxygen atoms in total. The lowest BCUT2D eigenvalue weighted by Gasteiger charge is -2.22. The Hall–Kier alpha value is -1.56. The van der Waals surface area contributed by atoms with E-state index in [9.17, 15) is 4.79 Å². The second-order valence-corrected chi connectivity index (χ2v) is 7.11. The number of hydrogen-bond acceptors (Lipinski definition) is 3. The monoisotopic (exact) mass is 304 g/mol. The first-order valence-corrected chi connectivity index (χ1v) is 8.33. The highest BCUT2D eigenvalue weighted by Gasteiger charge is 2.42. The molecule has 0 radical (unpaired) electrons. The van der Waals surface area contributed by atoms with Crippen LogP contribution in [0.5, 0.6) is 0 Å². The summed E-state index contributed by atoms with van der Waals surface area (Å²) in [6.45, 7) is 3.27. The van der Waals surface area contributed by atoms with E-state index < -0.39 is 0 Å². The van der Waals surface area contributed by atoms with Crippen molar-refractivity contribution in [1.82, 2.24) is 14.7 Å². The molecule has 22 heavy (non-hydrogen) atoms. The molecule has 3 heterocycles. The van der Waals surface area contributed by atoms with Crippen LogP contribution in [-0.2, 0) is 11.8 Å². The average molecular weight is 304 g/mol. The van der Waals surface area contributed by atoms with E-state index in [1.165, 1.54) is 19.3 Å². The second kappa shape index (κ2) is 5.26. The summed E-state index contributed by atoms with van der Waals surface area (Å²) in [5, 5.41) is 7.58. The number of nitrogens with zero attached hydrogens (tertiary/aromatic N) is 3. The number of urea groups is 1. The summed E-state index contributed by atoms with van der Waals surface area (Å²) < 4.78 is 7.31. The predicted octanol–water partition coefficient (Wildman–Crippen LogP) is 2.33. The van der Waals surface area contributed by atoms with Crippen molar-refractivity contribution in [2.24, 2.45) is 12.5 Å². The molecule has 0 bridgehead atoms. The average Bonchev–Trinajstić information content (AvgIpc) is 3.13. The minimum atomic E-state index is -0.00747. The molecular weight excluding hydrogens is 280 g/mol. The molecule has 4 rings (SSSR count). The minimum Gasteiger partial charge on any atom is -0.381 e. The molecule has 1 unspecified atom stereocenters. The SMILES string of the molecule is Cn1nc(C2CCC2)cc1NC(=O)N1CCC2(CCOC2)C1. The van der Waals surface area contributed by atoms with Crippen LogP contribution in [0, 0.1) is 5.41 Å². The van der Waals surface area contributed by atoms with E-state index >= 15 is 0 Å². The van der Waals surface area contributed by atoms with E-state index in [0.29, 0.717) is 5.92 Å². The van der Waals surface area contributed by atoms with Gasteiger partial charge in [-0.2, -0.15) is 5.10 Å². The quantitative estimate of drug-likeness (QED) is 0.912. The Labute approximate surface area is 130 Å². The number of hydrogen-bond donors (Lipinski definition) is 1. The highest BCUT2D eigenvalue weighted by molar-refractivity contribution is 5.88. The van der Waals surface area contributed by atoms with Crippen LogP contribution >= 0.6 is 0 Å². The topological polar surface area (TPSA) is 59.4 Å². The summed E-state index contributed by atoms with van der Waals surface area (Å²) in [5.74, 6) is 1.39. The van der Waals surface area contributed by atoms with E-state index in [-0.39, 0.29) is 11.4 Å². The summed E-state index contributed by atoms with van der Waals surface area (Å²) in [7, 11) is 1.90. The molecule has 1 N–H and O–H groups in total. The van der Waals surface area contributed by atoms with Crippen LogP contribution in [0.4, 0.5) is 10.6 Å². The van der Waals surface area contributed by atoms with Crippen molar-refractivity contribution >= 4 is 11.8 Å². The first kappa shape index (κ1) is 14.1. The van der Waals surface area contributed by atoms with Gasteiger partial charge in [0.2, 0.25) is 0 Å². The Kier molecular flexibility index (Phi) is 3.36. The Morgan fingerprint density at radius 1 is 1.45 bits per heavy atom. The molecule has 3 aliphatic rings. The summed E-state index contributed by atoms with van der Waals surface area (Å²) >= 11 is 0. The third-order valence-corrected chi connectivity index (χ3v) is 5.57. The molecule has 2 amide bonds. The van der Waals surface area contributed by atoms with Crippen molar-refractivity contribution in [1.29, 1.82) is 0 Å². The van der Waals surface area contributed by atoms with Gasteiger partial charge in [-0.15, -0.1) is 0 Å². The van der Waals surface area contributed by atoms with E-state index in [2.05, 4.69) is 10.4 Å². The van der Waals surface area contributed by atoms with Crippen molar-refractivity contribution in [3.63, 3.8) is 0 Å². The normalized spacial score (nSPS) is 28.3. The fourth-order valence-corrected chi connectivity index (χ4v) is 3.78. The van der Waals surface area contributed by atoms with Gasteiger partial charge >= 0.3 is 6.03 Å². The lowest BCUT2D eigenvalue weighted by Crippen LogP contribution is -2.36. The highest BCUT2D eigenvalue weighted by Crippen LogP contribution is 2.39. The van der Waals surface area contributed by atoms with Crippen LogP contribution in [0.3, 0.4) is 0 Å². The van der Waals surface area contributed by atoms with Crippen LogP contribution in [-0.4, -0.2) is 47.0 Å². The van der Waals surface area contributed by atoms with Crippen molar-refractivity contribution < 1.29 is 9.53 Å². The summed E-state index contributed by atoms with van der Waals surface area (Å²) in [5.41, 5.74) is 1.33. The maximum absolute atomic E-state index is 12.5. The highest BCUT2D eigenvalue weighted by atomic mass is 16.5. The van der Waals surface area contributed by atoms with Gasteiger partial charge in [0.25, 0.3) is 0 Å². The number of nitrogens with one attached hydrogen (secondary N) is 1. The molecule has 1 aliphatic carbocycles. The lowest BCUT2D eigenvalue weighted by molar-refractivity contribution is 0.154. The molecule has 1 saturated carbocycles. The minimum absolute atomic E-state index is 0.00747. The third kappa shape index (κ3) is 2.39. The predicted molar refractivity (Wildman–Crippen MR) is 82.9 cm³/mol. The van der Waals surface area contributed by atoms with Gasteiger partial charge in [-0.25, -0.2) is 4.79 Å². The van der Waals surface area contributed by atoms with E-state index in [1.54, 1.807) is 4.68 Å². The van der Waals surface area contributed by atoms with Gasteiger partial charge in [0.05, 0.1) is 12.3 Å². The van der Waals surface area contributed by atoms with Crippen LogP contribution in [0.2, 0.25) is 0 Å². The summed E-state index contributed by atoms with van der Waals surface area (Å²) in [6, 6.07) is 2.03. The smallest absolute Gasteiger partial charge is 0.323 e. The molecule has 1 aromatic heterocycles. The fraction of sp³-hybridized carbons (Fsp3) is 0.750. The zero-order valence-electron chi connectivity index (χ0n) is 13.2. The van der Waals surface area contributed by atoms with Crippen LogP contribution < -0.4 is 5.32 Å². The van der Waals surface area contributed by atoms with E-state index in [4.69, 9.17) is 4.74 Å². The molecule has 2 aliphatic heterocycles. The maximum atomic E-state index is 12.5. The van der Waals surface area contributed by atoms with Gasteiger partial charge in [-0.1, -0.05) is 6.42 Å². The second-order valence-electron chi connectivity index (χ2n) is 7.11. The van der Waals surface area contributed by atoms with E-state index in [1.807, 2.05) is 18.0 Å². The third-order valence-electron chi connectivity index (χ3n) is 5.57. The molecule has 1 aromatic rings. The van der Waals surface area contributed by atoms with Gasteiger partial charge in [-0.3, -0.25) is 10.00 Å². The lowest BCUT2D eigenvalue weighted by atomic mass is 9.83. The number of carbonyl (C=O) groups is 1. The molecule has 2 saturated heterocycles. The van der Waals surface area contributed by atoms with Gasteiger partial charge < -0.3 is 9.64 Å². The van der Waals surface area contributed by atoms with Crippen molar-refractivity contribution in [3.8, 4) is 0 Å². The van der Waals surface area contributed by atoms with Crippen LogP contribution in [0.25, 0.3) is 0 Å². The molecule has 3 fully saturated rings. The fourth-order valence-electron chi connectivity index (χ4n) is 3.78. The molecule has 6 heteroatoms. The van der Waals surface area contributed by atoms with Crippen LogP contribution in [0.1, 0.15) is 43.7 Å². The van der Waals surface area contributed by atoms with Crippen molar-refractivity contribution in [2.75, 3.05) is 31.6 Å². The Balaban J connectivity index is 1.40. The van der Waals surface area contributed by atoms with Crippen molar-refractivity contribution in [3.05, 3.63) is 11.8 Å². The van der Waals surface area contributed by atoms with Gasteiger partial charge in [0.1, 0.15) is 5.82 Å². The summed E-state index contributed by atoms with van der Waals surface area (Å²) in [6.07, 6.45) is 5.87. The first-order chi connectivity index (χ1) is 10.7. The number of anilines is 1. The Morgan fingerprint density at radius 2 is 2.32 bits per heavy atom. The van der Waals surface area contributed by atoms with Gasteiger partial charge in [0.15, 0.2) is 0 Å². The number of carbonyl (C=O) groups excluding carboxylic acids is 1. The van der Waals surface area contributed by atoms with E-state index in [0.717, 1.165) is 50.7 Å². The maximum Gasteiger partial charge on any atom is 0.323 e. The van der Waals surface area contributed by atoms with Crippen molar-refractivity contribution in [2.45, 2.75) is 38.0 Å².